The number of aryl methyl sites for hydroxylation is 1. The molecule has 1 aliphatic carbocycles. The highest BCUT2D eigenvalue weighted by Gasteiger charge is 2.54. The Morgan fingerprint density at radius 3 is 2.48 bits per heavy atom. The van der Waals surface area contributed by atoms with Crippen LogP contribution in [0.4, 0.5) is 10.5 Å². The Morgan fingerprint density at radius 1 is 1.10 bits per heavy atom. The number of carbonyl (C=O) groups is 1. The van der Waals surface area contributed by atoms with Gasteiger partial charge in [-0.25, -0.2) is 4.79 Å². The van der Waals surface area contributed by atoms with E-state index in [0.717, 1.165) is 18.5 Å². The number of carbonyl (C=O) groups excluding carboxylic acids is 1. The third-order valence-corrected chi connectivity index (χ3v) is 7.41. The van der Waals surface area contributed by atoms with Gasteiger partial charge in [-0.05, 0) is 49.3 Å². The van der Waals surface area contributed by atoms with Crippen LogP contribution in [0.1, 0.15) is 32.8 Å². The molecule has 0 spiro atoms. The lowest BCUT2D eigenvalue weighted by Gasteiger charge is -2.55. The Hall–Kier alpha value is -2.59. The van der Waals surface area contributed by atoms with Gasteiger partial charge in [0.15, 0.2) is 0 Å². The number of rotatable bonds is 6. The summed E-state index contributed by atoms with van der Waals surface area (Å²) in [7, 11) is 0. The molecule has 0 unspecified atom stereocenters. The van der Waals surface area contributed by atoms with E-state index in [9.17, 15) is 4.79 Å². The molecule has 0 saturated carbocycles. The zero-order valence-corrected chi connectivity index (χ0v) is 18.7. The highest BCUT2D eigenvalue weighted by molar-refractivity contribution is 5.84. The summed E-state index contributed by atoms with van der Waals surface area (Å²) in [6.07, 6.45) is 4.19. The maximum Gasteiger partial charge on any atom is 0.411 e. The molecule has 4 rings (SSSR count). The van der Waals surface area contributed by atoms with Crippen molar-refractivity contribution in [2.75, 3.05) is 18.5 Å². The fraction of sp³-hybridized carbons (Fsp3) is 0.444. The number of hydrogen-bond acceptors (Lipinski definition) is 3. The maximum absolute atomic E-state index is 12.4. The first-order chi connectivity index (χ1) is 15.0. The molecule has 0 aromatic heterocycles. The van der Waals surface area contributed by atoms with Crippen LogP contribution < -0.4 is 5.32 Å². The van der Waals surface area contributed by atoms with Crippen LogP contribution in [0.25, 0.3) is 0 Å². The zero-order chi connectivity index (χ0) is 21.8. The van der Waals surface area contributed by atoms with Crippen molar-refractivity contribution in [2.45, 2.75) is 39.7 Å². The number of ether oxygens (including phenoxy) is 2. The molecule has 2 aliphatic rings. The first-order valence-corrected chi connectivity index (χ1v) is 11.3. The van der Waals surface area contributed by atoms with Gasteiger partial charge in [-0.3, -0.25) is 5.32 Å². The Kier molecular flexibility index (Phi) is 6.47. The normalized spacial score (nSPS) is 29.7. The maximum atomic E-state index is 12.4. The fourth-order valence-corrected chi connectivity index (χ4v) is 5.48. The van der Waals surface area contributed by atoms with Crippen LogP contribution in [0, 0.1) is 23.2 Å². The van der Waals surface area contributed by atoms with E-state index in [1.807, 2.05) is 30.3 Å². The number of nitrogens with one attached hydrogen (secondary N) is 1. The highest BCUT2D eigenvalue weighted by atomic mass is 16.6. The molecule has 2 aromatic carbocycles. The summed E-state index contributed by atoms with van der Waals surface area (Å²) < 4.78 is 12.2. The second kappa shape index (κ2) is 9.27. The minimum Gasteiger partial charge on any atom is -0.449 e. The van der Waals surface area contributed by atoms with Crippen molar-refractivity contribution in [1.82, 2.24) is 0 Å². The number of amides is 1. The summed E-state index contributed by atoms with van der Waals surface area (Å²) in [5.41, 5.74) is 3.30. The molecule has 4 heteroatoms. The summed E-state index contributed by atoms with van der Waals surface area (Å²) >= 11 is 0. The molecule has 1 saturated heterocycles. The van der Waals surface area contributed by atoms with E-state index in [1.54, 1.807) is 0 Å². The van der Waals surface area contributed by atoms with Crippen LogP contribution >= 0.6 is 0 Å². The van der Waals surface area contributed by atoms with Gasteiger partial charge in [-0.1, -0.05) is 74.0 Å². The van der Waals surface area contributed by atoms with Crippen LogP contribution in [0.15, 0.2) is 72.3 Å². The topological polar surface area (TPSA) is 47.6 Å². The van der Waals surface area contributed by atoms with Gasteiger partial charge in [0.1, 0.15) is 6.61 Å². The summed E-state index contributed by atoms with van der Waals surface area (Å²) in [6.45, 7) is 7.75. The predicted octanol–water partition coefficient (Wildman–Crippen LogP) is 6.10. The van der Waals surface area contributed by atoms with Crippen molar-refractivity contribution in [2.24, 2.45) is 23.2 Å². The Bertz CT molecular complexity index is 911. The van der Waals surface area contributed by atoms with Crippen molar-refractivity contribution in [3.8, 4) is 0 Å². The second-order valence-electron chi connectivity index (χ2n) is 9.19. The van der Waals surface area contributed by atoms with Gasteiger partial charge in [-0.2, -0.15) is 0 Å². The monoisotopic (exact) mass is 419 g/mol. The van der Waals surface area contributed by atoms with Crippen LogP contribution in [0.2, 0.25) is 0 Å². The smallest absolute Gasteiger partial charge is 0.411 e. The van der Waals surface area contributed by atoms with Gasteiger partial charge >= 0.3 is 6.09 Å². The van der Waals surface area contributed by atoms with E-state index in [0.29, 0.717) is 31.0 Å². The lowest BCUT2D eigenvalue weighted by atomic mass is 9.56. The SMILES string of the molecule is CC1=C[C@H](C)[C@]2(COC(=O)Nc3ccccc3)CO[C@@H](CCc3ccccc3)[C@H]1[C@H]2C. The molecular weight excluding hydrogens is 386 g/mol. The molecule has 31 heavy (non-hydrogen) atoms. The van der Waals surface area contributed by atoms with Crippen LogP contribution in [-0.4, -0.2) is 25.4 Å². The van der Waals surface area contributed by atoms with E-state index in [2.05, 4.69) is 62.5 Å². The first-order valence-electron chi connectivity index (χ1n) is 11.3. The van der Waals surface area contributed by atoms with Crippen molar-refractivity contribution in [3.05, 3.63) is 77.9 Å². The Morgan fingerprint density at radius 2 is 1.77 bits per heavy atom. The average molecular weight is 420 g/mol. The number of hydrogen-bond donors (Lipinski definition) is 1. The van der Waals surface area contributed by atoms with E-state index in [-0.39, 0.29) is 11.5 Å². The van der Waals surface area contributed by atoms with Crippen LogP contribution in [0.3, 0.4) is 0 Å². The highest BCUT2D eigenvalue weighted by Crippen LogP contribution is 2.53. The van der Waals surface area contributed by atoms with Gasteiger partial charge in [0, 0.05) is 17.0 Å². The van der Waals surface area contributed by atoms with Gasteiger partial charge in [-0.15, -0.1) is 0 Å². The molecule has 1 heterocycles. The quantitative estimate of drug-likeness (QED) is 0.575. The minimum atomic E-state index is -0.408. The second-order valence-corrected chi connectivity index (χ2v) is 9.19. The van der Waals surface area contributed by atoms with E-state index < -0.39 is 6.09 Å². The lowest BCUT2D eigenvalue weighted by molar-refractivity contribution is -0.164. The summed E-state index contributed by atoms with van der Waals surface area (Å²) in [5.74, 6) is 1.03. The zero-order valence-electron chi connectivity index (χ0n) is 18.7. The number of fused-ring (bicyclic) bond motifs is 2. The third-order valence-electron chi connectivity index (χ3n) is 7.41. The van der Waals surface area contributed by atoms with E-state index in [4.69, 9.17) is 9.47 Å². The molecule has 4 nitrogen and oxygen atoms in total. The van der Waals surface area contributed by atoms with Crippen LogP contribution in [0.5, 0.6) is 0 Å². The van der Waals surface area contributed by atoms with Crippen molar-refractivity contribution < 1.29 is 14.3 Å². The summed E-state index contributed by atoms with van der Waals surface area (Å²) in [4.78, 5) is 12.4. The molecule has 1 aliphatic heterocycles. The number of allylic oxidation sites excluding steroid dienone is 1. The Balaban J connectivity index is 1.43. The Labute approximate surface area is 185 Å². The molecule has 164 valence electrons. The standard InChI is InChI=1S/C27H33NO3/c1-19-16-20(2)27(18-31-26(29)28-23-12-8-5-9-13-23)17-30-24(25(19)21(27)3)15-14-22-10-6-4-7-11-22/h4-13,16,20-21,24-25H,14-15,17-18H2,1-3H3,(H,28,29)/t20-,21+,24-,25+,27+/m0/s1. The number of anilines is 1. The number of para-hydroxylation sites is 1. The first kappa shape index (κ1) is 21.6. The molecule has 5 atom stereocenters. The summed E-state index contributed by atoms with van der Waals surface area (Å²) in [5, 5.41) is 2.82. The molecule has 1 amide bonds. The molecule has 1 fully saturated rings. The van der Waals surface area contributed by atoms with E-state index >= 15 is 0 Å². The van der Waals surface area contributed by atoms with Crippen molar-refractivity contribution >= 4 is 11.8 Å². The van der Waals surface area contributed by atoms with Gasteiger partial charge < -0.3 is 9.47 Å². The fourth-order valence-electron chi connectivity index (χ4n) is 5.48. The predicted molar refractivity (Wildman–Crippen MR) is 124 cm³/mol. The largest absolute Gasteiger partial charge is 0.449 e. The van der Waals surface area contributed by atoms with Crippen molar-refractivity contribution in [1.29, 1.82) is 0 Å². The van der Waals surface area contributed by atoms with E-state index in [1.165, 1.54) is 11.1 Å². The van der Waals surface area contributed by atoms with Crippen molar-refractivity contribution in [3.63, 3.8) is 0 Å². The van der Waals surface area contributed by atoms with Gasteiger partial charge in [0.2, 0.25) is 0 Å². The van der Waals surface area contributed by atoms with Gasteiger partial charge in [0.25, 0.3) is 0 Å². The van der Waals surface area contributed by atoms with Crippen LogP contribution in [-0.2, 0) is 15.9 Å². The third kappa shape index (κ3) is 4.54. The molecule has 2 aromatic rings. The number of benzene rings is 2. The molecule has 2 bridgehead atoms. The average Bonchev–Trinajstić information content (AvgIpc) is 2.77. The molecule has 0 radical (unpaired) electrons. The minimum absolute atomic E-state index is 0.193. The lowest BCUT2D eigenvalue weighted by Crippen LogP contribution is -2.57. The molecule has 1 N–H and O–H groups in total. The molecular formula is C27H33NO3. The summed E-state index contributed by atoms with van der Waals surface area (Å²) in [6, 6.07) is 20.0. The van der Waals surface area contributed by atoms with Gasteiger partial charge in [0.05, 0.1) is 12.7 Å².